The van der Waals surface area contributed by atoms with Crippen molar-refractivity contribution in [3.8, 4) is 0 Å². The summed E-state index contributed by atoms with van der Waals surface area (Å²) in [5.41, 5.74) is -148. The average molecular weight is 1780 g/mol. The molecule has 113 heavy (non-hydrogen) atoms. The number of alkyl halides is 52. The zero-order valence-corrected chi connectivity index (χ0v) is 50.3. The number of hydrogen-bond acceptors (Lipinski definition) is 12. The number of ether oxygens (including phenoxy) is 4. The number of carbonyl (C=O) groups is 4. The Hall–Kier alpha value is -5.28. The first kappa shape index (κ1) is 87.0. The number of halogens is 52. The number of aliphatic hydroxyl groups excluding tert-OH is 4. The molecule has 0 aliphatic heterocycles. The molecule has 16 rings (SSSR count). The summed E-state index contributed by atoms with van der Waals surface area (Å²) in [6.45, 7) is -21.1. The maximum Gasteiger partial charge on any atom is 0.340 e. The van der Waals surface area contributed by atoms with Gasteiger partial charge in [0.25, 0.3) is 22.7 Å². The maximum atomic E-state index is 17.5. The summed E-state index contributed by atoms with van der Waals surface area (Å²) < 4.78 is 847. The minimum Gasteiger partial charge on any atom is -0.390 e. The normalized spacial score (nSPS) is 54.0. The van der Waals surface area contributed by atoms with E-state index in [1.807, 2.05) is 0 Å². The van der Waals surface area contributed by atoms with Crippen LogP contribution in [0.4, 0.5) is 228 Å². The third kappa shape index (κ3) is 5.76. The standard InChI is InChI=1S/C49H16F52O12/c50-14-9(106)18(54)38(82,83)22(58,30(14,66)67)42(90,91)26(62,34(14,74)75)46(18,98)110-1-5(102)13(6(103)2-111-47(99)19(55)10(107)15(51)31(68,69)23(59,39(19,84)85)43(92,93)27(47,63)35(15,76)77,7(104)3-112-48(100)20(56)11(108)16(52)32(70,71)24(60,40(20,86)87)44(94,95)28(48,64)36(16,78)79)8(105)4-113-49(101)21(57)12(109)17(53)33(72,73)25(61,41(21,88)89)45(96,97)29(49,65)37(17,80)81/h5-8,102-105H,1-4H2. The summed E-state index contributed by atoms with van der Waals surface area (Å²) >= 11 is 0. The smallest absolute Gasteiger partial charge is 0.340 e. The zero-order chi connectivity index (χ0) is 88.8. The number of hydrogen-bond donors (Lipinski definition) is 4. The van der Waals surface area contributed by atoms with Gasteiger partial charge in [0.1, 0.15) is 0 Å². The Kier molecular flexibility index (Phi) is 14.9. The van der Waals surface area contributed by atoms with Crippen molar-refractivity contribution >= 4 is 23.1 Å². The monoisotopic (exact) mass is 1780 g/mol. The van der Waals surface area contributed by atoms with E-state index < -0.39 is 288 Å². The molecule has 16 bridgehead atoms. The van der Waals surface area contributed by atoms with Gasteiger partial charge in [0.15, 0.2) is 0 Å². The highest BCUT2D eigenvalue weighted by atomic mass is 19.4. The van der Waals surface area contributed by atoms with E-state index >= 15 is 228 Å². The fourth-order valence-corrected chi connectivity index (χ4v) is 17.8. The summed E-state index contributed by atoms with van der Waals surface area (Å²) in [7, 11) is 0. The van der Waals surface area contributed by atoms with Crippen molar-refractivity contribution < 1.29 is 287 Å². The van der Waals surface area contributed by atoms with Gasteiger partial charge in [-0.2, -0.15) is 140 Å². The van der Waals surface area contributed by atoms with E-state index in [9.17, 15) is 39.6 Å². The highest BCUT2D eigenvalue weighted by Crippen LogP contribution is 2.91. The van der Waals surface area contributed by atoms with Crippen LogP contribution in [0.25, 0.3) is 0 Å². The topological polar surface area (TPSA) is 186 Å². The van der Waals surface area contributed by atoms with Crippen LogP contribution in [0.2, 0.25) is 0 Å². The minimum atomic E-state index is -9.23. The molecule has 0 aromatic carbocycles. The lowest BCUT2D eigenvalue weighted by atomic mass is 9.41. The summed E-state index contributed by atoms with van der Waals surface area (Å²) in [5, 5.41) is 46.4. The van der Waals surface area contributed by atoms with Crippen molar-refractivity contribution in [1.29, 1.82) is 0 Å². The van der Waals surface area contributed by atoms with Crippen LogP contribution in [-0.4, -0.2) is 303 Å². The number of aliphatic hydroxyl groups is 4. The maximum absolute atomic E-state index is 17.5. The van der Waals surface area contributed by atoms with Crippen LogP contribution in [0, 0.1) is 5.41 Å². The number of Topliss-reactive ketones (excluding diaryl/α,β-unsaturated/α-hetero) is 4. The summed E-state index contributed by atoms with van der Waals surface area (Å²) in [6, 6.07) is 0. The molecule has 24 unspecified atom stereocenters. The van der Waals surface area contributed by atoms with Gasteiger partial charge in [-0.25, -0.2) is 87.8 Å². The number of rotatable bonds is 16. The van der Waals surface area contributed by atoms with E-state index in [2.05, 4.69) is 18.9 Å². The van der Waals surface area contributed by atoms with Gasteiger partial charge in [-0.1, -0.05) is 0 Å². The van der Waals surface area contributed by atoms with E-state index in [-0.39, 0.29) is 0 Å². The molecule has 4 N–H and O–H groups in total. The molecule has 0 amide bonds. The molecule has 16 saturated carbocycles. The minimum absolute atomic E-state index is 2.72. The largest absolute Gasteiger partial charge is 0.390 e. The summed E-state index contributed by atoms with van der Waals surface area (Å²) in [5.74, 6) is -203. The Morgan fingerprint density at radius 3 is 0.416 bits per heavy atom. The molecule has 24 atom stereocenters. The Morgan fingerprint density at radius 2 is 0.292 bits per heavy atom. The molecule has 0 radical (unpaired) electrons. The van der Waals surface area contributed by atoms with Gasteiger partial charge in [-0.3, -0.25) is 19.2 Å². The van der Waals surface area contributed by atoms with Gasteiger partial charge < -0.3 is 39.4 Å². The Bertz CT molecular complexity index is 3820. The van der Waals surface area contributed by atoms with Gasteiger partial charge in [-0.15, -0.1) is 0 Å². The first-order valence-electron chi connectivity index (χ1n) is 28.4. The second-order valence-corrected chi connectivity index (χ2v) is 27.7. The van der Waals surface area contributed by atoms with Crippen LogP contribution in [0.1, 0.15) is 0 Å². The lowest BCUT2D eigenvalue weighted by Crippen LogP contribution is -3.07. The molecule has 0 heterocycles. The van der Waals surface area contributed by atoms with Gasteiger partial charge in [-0.05, 0) is 0 Å². The van der Waals surface area contributed by atoms with Gasteiger partial charge >= 0.3 is 186 Å². The molecule has 648 valence electrons. The molecular weight excluding hydrogens is 1770 g/mol. The molecule has 0 aromatic heterocycles. The van der Waals surface area contributed by atoms with E-state index in [0.29, 0.717) is 0 Å². The molecule has 0 saturated heterocycles. The average Bonchev–Trinajstić information content (AvgIpc) is 0.614. The van der Waals surface area contributed by atoms with Crippen LogP contribution in [0.15, 0.2) is 0 Å². The van der Waals surface area contributed by atoms with E-state index in [1.165, 1.54) is 0 Å². The van der Waals surface area contributed by atoms with Gasteiger partial charge in [0.2, 0.25) is 23.1 Å². The first-order valence-corrected chi connectivity index (χ1v) is 28.4. The molecular formula is C49H16F52O12. The van der Waals surface area contributed by atoms with Gasteiger partial charge in [0.05, 0.1) is 56.3 Å². The number of ketones is 4. The van der Waals surface area contributed by atoms with Crippen molar-refractivity contribution in [2.45, 2.75) is 233 Å². The third-order valence-electron chi connectivity index (χ3n) is 24.0. The van der Waals surface area contributed by atoms with E-state index in [0.717, 1.165) is 0 Å². The van der Waals surface area contributed by atoms with Crippen LogP contribution < -0.4 is 0 Å². The highest BCUT2D eigenvalue weighted by molar-refractivity contribution is 6.07. The first-order chi connectivity index (χ1) is 49.1. The predicted molar refractivity (Wildman–Crippen MR) is 226 cm³/mol. The Labute approximate surface area is 575 Å². The van der Waals surface area contributed by atoms with E-state index in [4.69, 9.17) is 0 Å². The SMILES string of the molecule is O=C1C2(F)C(F)(F)C3(F)C(F)(F)C1(F)C(F)(OCC(O)C(C(O)COC1(F)C4(F)C(=O)C5(F)C(F)(F)C(F)(C4(F)F)C(F)(F)C1(F)C5(F)F)(C(O)COC1(F)C4(F)C(=O)C5(F)C(F)(F)C(F)(C4(F)F)C(F)(F)C1(F)C5(F)F)C(O)COC1(F)C4(F)C(=O)C5(F)C(F)(F)C(F)(C4(F)F)C(F)(F)C1(F)C5(F)F)C(F)(C2(F)F)C3(F)F. The van der Waals surface area contributed by atoms with Crippen molar-refractivity contribution in [3.05, 3.63) is 0 Å². The second-order valence-electron chi connectivity index (χ2n) is 27.7. The van der Waals surface area contributed by atoms with Crippen LogP contribution >= 0.6 is 0 Å². The fourth-order valence-electron chi connectivity index (χ4n) is 17.8. The zero-order valence-electron chi connectivity index (χ0n) is 50.3. The van der Waals surface area contributed by atoms with Crippen molar-refractivity contribution in [2.24, 2.45) is 5.41 Å². The highest BCUT2D eigenvalue weighted by Gasteiger charge is 3.25. The Morgan fingerprint density at radius 1 is 0.186 bits per heavy atom. The lowest BCUT2D eigenvalue weighted by molar-refractivity contribution is -0.557. The molecule has 12 nitrogen and oxygen atoms in total. The molecule has 0 aromatic rings. The lowest BCUT2D eigenvalue weighted by Gasteiger charge is -2.71. The summed E-state index contributed by atoms with van der Waals surface area (Å²) in [6.07, 6.45) is -26.5. The molecule has 16 fully saturated rings. The molecule has 16 aliphatic rings. The predicted octanol–water partition coefficient (Wildman–Crippen LogP) is 10.1. The second kappa shape index (κ2) is 19.3. The van der Waals surface area contributed by atoms with Crippen molar-refractivity contribution in [1.82, 2.24) is 0 Å². The van der Waals surface area contributed by atoms with Crippen LogP contribution in [0.3, 0.4) is 0 Å². The van der Waals surface area contributed by atoms with Gasteiger partial charge in [0, 0.05) is 0 Å². The Balaban J connectivity index is 1.13. The molecule has 16 aliphatic carbocycles. The fraction of sp³-hybridized carbons (Fsp3) is 0.918. The van der Waals surface area contributed by atoms with Crippen molar-refractivity contribution in [3.63, 3.8) is 0 Å². The van der Waals surface area contributed by atoms with Crippen LogP contribution in [0.5, 0.6) is 0 Å². The molecule has 0 spiro atoms. The van der Waals surface area contributed by atoms with E-state index in [1.54, 1.807) is 0 Å². The van der Waals surface area contributed by atoms with Crippen molar-refractivity contribution in [2.75, 3.05) is 26.4 Å². The molecule has 64 heteroatoms. The summed E-state index contributed by atoms with van der Waals surface area (Å²) in [4.78, 5) is 51.6. The quantitative estimate of drug-likeness (QED) is 0.107. The van der Waals surface area contributed by atoms with Crippen LogP contribution in [-0.2, 0) is 38.1 Å². The third-order valence-corrected chi connectivity index (χ3v) is 24.0. The number of carbonyl (C=O) groups excluding carboxylic acids is 4.